The van der Waals surface area contributed by atoms with Crippen LogP contribution < -0.4 is 0 Å². The first-order valence-electron chi connectivity index (χ1n) is 50.2. The van der Waals surface area contributed by atoms with Crippen LogP contribution in [0.15, 0.2) is 468 Å². The van der Waals surface area contributed by atoms with Crippen LogP contribution in [0, 0.1) is 0 Å². The molecule has 694 valence electrons. The fraction of sp³-hybridized carbons (Fsp3) is 0.0221. The summed E-state index contributed by atoms with van der Waals surface area (Å²) in [6.45, 7) is 4.74. The molecule has 0 radical (unpaired) electrons. The van der Waals surface area contributed by atoms with E-state index in [1.54, 1.807) is 0 Å². The van der Waals surface area contributed by atoms with Gasteiger partial charge in [0.25, 0.3) is 0 Å². The lowest BCUT2D eigenvalue weighted by Crippen LogP contribution is -2.15. The summed E-state index contributed by atoms with van der Waals surface area (Å²) in [7, 11) is 0. The number of hydrogen-bond acceptors (Lipinski definition) is 13. The maximum absolute atomic E-state index is 6.47. The third-order valence-corrected chi connectivity index (χ3v) is 31.3. The van der Waals surface area contributed by atoms with Gasteiger partial charge in [0.2, 0.25) is 0 Å². The lowest BCUT2D eigenvalue weighted by Gasteiger charge is -2.24. The van der Waals surface area contributed by atoms with Gasteiger partial charge in [0.1, 0.15) is 33.5 Å². The first kappa shape index (κ1) is 85.1. The number of thiophene rings is 1. The van der Waals surface area contributed by atoms with Crippen LogP contribution in [0.3, 0.4) is 0 Å². The summed E-state index contributed by atoms with van der Waals surface area (Å²) in [5, 5.41) is 33.5. The fourth-order valence-corrected chi connectivity index (χ4v) is 24.2. The van der Waals surface area contributed by atoms with E-state index in [9.17, 15) is 0 Å². The quantitative estimate of drug-likeness (QED) is 0.126. The van der Waals surface area contributed by atoms with Gasteiger partial charge in [-0.3, -0.25) is 0 Å². The van der Waals surface area contributed by atoms with E-state index in [0.29, 0.717) is 52.4 Å². The van der Waals surface area contributed by atoms with E-state index >= 15 is 0 Å². The molecule has 1 aliphatic rings. The van der Waals surface area contributed by atoms with Gasteiger partial charge >= 0.3 is 0 Å². The molecule has 7 heterocycles. The Bertz CT molecular complexity index is 11100. The predicted octanol–water partition coefficient (Wildman–Crippen LogP) is 36.5. The molecule has 1 aliphatic carbocycles. The van der Waals surface area contributed by atoms with Crippen LogP contribution in [0.1, 0.15) is 25.0 Å². The number of rotatable bonds is 9. The zero-order valence-electron chi connectivity index (χ0n) is 80.5. The van der Waals surface area contributed by atoms with E-state index in [0.717, 1.165) is 143 Å². The highest BCUT2D eigenvalue weighted by atomic mass is 32.1. The summed E-state index contributed by atoms with van der Waals surface area (Å²) in [5.74, 6) is 5.68. The van der Waals surface area contributed by atoms with Crippen molar-refractivity contribution in [1.82, 2.24) is 44.9 Å². The van der Waals surface area contributed by atoms with Crippen molar-refractivity contribution < 1.29 is 13.3 Å². The van der Waals surface area contributed by atoms with Crippen molar-refractivity contribution in [2.45, 2.75) is 19.3 Å². The van der Waals surface area contributed by atoms with Gasteiger partial charge in [0.05, 0.1) is 0 Å². The van der Waals surface area contributed by atoms with Crippen LogP contribution in [0.5, 0.6) is 0 Å². The minimum absolute atomic E-state index is 0.123. The molecule has 0 saturated heterocycles. The van der Waals surface area contributed by atoms with Gasteiger partial charge in [-0.05, 0) is 210 Å². The molecule has 0 unspecified atom stereocenters. The van der Waals surface area contributed by atoms with Crippen LogP contribution in [0.25, 0.3) is 307 Å². The summed E-state index contributed by atoms with van der Waals surface area (Å²) < 4.78 is 21.6. The molecule has 0 fully saturated rings. The van der Waals surface area contributed by atoms with E-state index in [-0.39, 0.29) is 5.41 Å². The van der Waals surface area contributed by atoms with E-state index in [1.807, 2.05) is 151 Å². The second-order valence-electron chi connectivity index (χ2n) is 39.2. The van der Waals surface area contributed by atoms with E-state index < -0.39 is 0 Å². The molecule has 0 saturated carbocycles. The molecule has 0 amide bonds. The Morgan fingerprint density at radius 3 is 1.06 bits per heavy atom. The molecular formula is C136H81N9O3S. The molecular weight excluding hydrogens is 1840 g/mol. The summed E-state index contributed by atoms with van der Waals surface area (Å²) in [6, 6.07) is 160. The van der Waals surface area contributed by atoms with Crippen LogP contribution in [-0.4, -0.2) is 44.9 Å². The van der Waals surface area contributed by atoms with Gasteiger partial charge in [-0.25, -0.2) is 44.9 Å². The normalized spacial score (nSPS) is 12.4. The Balaban J connectivity index is 0.000000103. The second-order valence-corrected chi connectivity index (χ2v) is 40.3. The molecule has 7 aromatic heterocycles. The van der Waals surface area contributed by atoms with Gasteiger partial charge in [-0.1, -0.05) is 384 Å². The molecule has 0 N–H and O–H groups in total. The van der Waals surface area contributed by atoms with Gasteiger partial charge in [0, 0.05) is 113 Å². The predicted molar refractivity (Wildman–Crippen MR) is 616 cm³/mol. The number of furan rings is 3. The van der Waals surface area contributed by atoms with E-state index in [2.05, 4.69) is 329 Å². The lowest BCUT2D eigenvalue weighted by molar-refractivity contribution is 0.666. The molecule has 12 nitrogen and oxygen atoms in total. The zero-order chi connectivity index (χ0) is 98.2. The van der Waals surface area contributed by atoms with Crippen LogP contribution in [0.4, 0.5) is 0 Å². The van der Waals surface area contributed by atoms with E-state index in [4.69, 9.17) is 58.1 Å². The van der Waals surface area contributed by atoms with Crippen molar-refractivity contribution >= 4 is 205 Å². The van der Waals surface area contributed by atoms with E-state index in [1.165, 1.54) is 123 Å². The minimum atomic E-state index is -0.123. The SMILES string of the molecule is CC1(C)c2ccccc2-c2ccc3ccc4ccc5cc(-c6nc(-c7ccccc7)nc(-c7ccc8c(c7)oc7ccccc78)n6)ccc5c4c3c21.c1ccc(-c2nc(-c3ccc4c(ccc5c4c4ccccc4c4oc6ccccc6c54)c3)nc(-c3ccc4c(c3)oc3ccccc34)n2)cc1.c1ccc(-c2nc(-c3ccc4ccccc4c3)nc(-c3ccc4c(ccc5ccc6cc7sc8ccccc8c7cc6c54)c3)n2)cc1. The molecule has 24 aromatic carbocycles. The van der Waals surface area contributed by atoms with Crippen molar-refractivity contribution in [3.05, 3.63) is 466 Å². The van der Waals surface area contributed by atoms with Crippen molar-refractivity contribution in [2.24, 2.45) is 0 Å². The Kier molecular flexibility index (Phi) is 19.3. The molecule has 32 rings (SSSR count). The highest BCUT2D eigenvalue weighted by Crippen LogP contribution is 2.55. The number of benzene rings is 24. The maximum atomic E-state index is 6.47. The minimum Gasteiger partial charge on any atom is -0.456 e. The molecule has 0 atom stereocenters. The van der Waals surface area contributed by atoms with Gasteiger partial charge in [-0.15, -0.1) is 11.3 Å². The lowest BCUT2D eigenvalue weighted by atomic mass is 9.79. The van der Waals surface area contributed by atoms with Gasteiger partial charge in [-0.2, -0.15) is 0 Å². The molecule has 0 spiro atoms. The van der Waals surface area contributed by atoms with Crippen molar-refractivity contribution in [3.8, 4) is 114 Å². The number of fused-ring (bicyclic) bond motifs is 34. The Morgan fingerprint density at radius 2 is 0.523 bits per heavy atom. The number of nitrogens with zero attached hydrogens (tertiary/aromatic N) is 9. The third-order valence-electron chi connectivity index (χ3n) is 30.2. The second kappa shape index (κ2) is 33.8. The Morgan fingerprint density at radius 1 is 0.174 bits per heavy atom. The zero-order valence-corrected chi connectivity index (χ0v) is 81.3. The monoisotopic (exact) mass is 1920 g/mol. The third kappa shape index (κ3) is 14.1. The largest absolute Gasteiger partial charge is 0.456 e. The number of aromatic nitrogens is 9. The number of hydrogen-bond donors (Lipinski definition) is 0. The topological polar surface area (TPSA) is 155 Å². The summed E-state index contributed by atoms with van der Waals surface area (Å²) in [4.78, 5) is 45.3. The summed E-state index contributed by atoms with van der Waals surface area (Å²) in [6.07, 6.45) is 0. The molecule has 13 heteroatoms. The average Bonchev–Trinajstić information content (AvgIpc) is 1.53. The Hall–Kier alpha value is -19.5. The Labute approximate surface area is 855 Å². The van der Waals surface area contributed by atoms with Crippen molar-refractivity contribution in [1.29, 1.82) is 0 Å². The van der Waals surface area contributed by atoms with Crippen molar-refractivity contribution in [2.75, 3.05) is 0 Å². The molecule has 149 heavy (non-hydrogen) atoms. The fourth-order valence-electron chi connectivity index (χ4n) is 23.1. The molecule has 0 aliphatic heterocycles. The van der Waals surface area contributed by atoms with Crippen molar-refractivity contribution in [3.63, 3.8) is 0 Å². The smallest absolute Gasteiger partial charge is 0.164 e. The standard InChI is InChI=1S/C48H31N3O.C45H25N3O2.C43H25N3S/c1-48(2)39-14-8-6-12-35(39)38-25-20-29-17-16-28-18-19-31-26-32(21-23-34(31)42(28)43(29)44(38)48)46-49-45(30-10-4-3-5-11-30)50-47(51-46)33-22-24-37-36-13-7-9-15-40(36)52-41(37)27-33;1-2-10-26(11-3-1)43-46-44(48-45(47-43)29-20-22-32-31-12-6-8-16-37(31)49-39(32)25-29)28-19-21-30-27(24-28)18-23-36-40(30)33-13-4-5-14-34(33)42-41(36)35-15-7-9-17-38(35)50-42;1-2-9-28(10-3-1)41-44-42(32-19-14-26-8-4-5-11-29(26)22-32)46-43(45-41)33-20-21-34-30(23-33)17-15-27-16-18-31-24-39-37(25-36(31)40(27)34)35-12-6-7-13-38(35)47-39/h3-27H,1-2H3;1-25H;1-25H. The van der Waals surface area contributed by atoms with Gasteiger partial charge in [0.15, 0.2) is 52.4 Å². The highest BCUT2D eigenvalue weighted by molar-refractivity contribution is 7.25. The van der Waals surface area contributed by atoms with Crippen LogP contribution >= 0.6 is 11.3 Å². The first-order valence-corrected chi connectivity index (χ1v) is 51.0. The highest BCUT2D eigenvalue weighted by Gasteiger charge is 2.38. The summed E-state index contributed by atoms with van der Waals surface area (Å²) >= 11 is 1.87. The van der Waals surface area contributed by atoms with Crippen LogP contribution in [-0.2, 0) is 5.41 Å². The maximum Gasteiger partial charge on any atom is 0.164 e. The molecule has 31 aromatic rings. The average molecular weight is 1920 g/mol. The summed E-state index contributed by atoms with van der Waals surface area (Å²) in [5.41, 5.74) is 18.9. The number of para-hydroxylation sites is 3. The first-order chi connectivity index (χ1) is 73.5. The molecule has 0 bridgehead atoms. The van der Waals surface area contributed by atoms with Gasteiger partial charge < -0.3 is 13.3 Å². The van der Waals surface area contributed by atoms with Crippen LogP contribution in [0.2, 0.25) is 0 Å².